The van der Waals surface area contributed by atoms with Gasteiger partial charge in [0.15, 0.2) is 0 Å². The SMILES string of the molecule is C/C=C/C[C@H](C)[C@@H](OC)[C@@H](C)CO. The van der Waals surface area contributed by atoms with Gasteiger partial charge in [-0.1, -0.05) is 26.0 Å². The van der Waals surface area contributed by atoms with Crippen LogP contribution in [0.15, 0.2) is 12.2 Å². The zero-order valence-electron chi connectivity index (χ0n) is 9.16. The van der Waals surface area contributed by atoms with Crippen LogP contribution in [0.1, 0.15) is 27.2 Å². The van der Waals surface area contributed by atoms with Crippen molar-refractivity contribution >= 4 is 0 Å². The van der Waals surface area contributed by atoms with Crippen molar-refractivity contribution in [3.63, 3.8) is 0 Å². The molecule has 0 aliphatic rings. The van der Waals surface area contributed by atoms with Crippen molar-refractivity contribution in [2.45, 2.75) is 33.3 Å². The van der Waals surface area contributed by atoms with Crippen LogP contribution in [-0.2, 0) is 4.74 Å². The lowest BCUT2D eigenvalue weighted by atomic mass is 9.91. The fourth-order valence-corrected chi connectivity index (χ4v) is 1.61. The van der Waals surface area contributed by atoms with E-state index in [1.165, 1.54) is 0 Å². The molecular formula is C11H22O2. The molecule has 0 fully saturated rings. The van der Waals surface area contributed by atoms with Gasteiger partial charge in [-0.3, -0.25) is 0 Å². The molecule has 0 aromatic rings. The molecule has 0 aliphatic heterocycles. The fraction of sp³-hybridized carbons (Fsp3) is 0.818. The fourth-order valence-electron chi connectivity index (χ4n) is 1.61. The minimum Gasteiger partial charge on any atom is -0.396 e. The first-order valence-corrected chi connectivity index (χ1v) is 4.92. The first-order valence-electron chi connectivity index (χ1n) is 4.92. The number of methoxy groups -OCH3 is 1. The highest BCUT2D eigenvalue weighted by molar-refractivity contribution is 4.83. The summed E-state index contributed by atoms with van der Waals surface area (Å²) in [7, 11) is 1.71. The van der Waals surface area contributed by atoms with Crippen LogP contribution in [0.2, 0.25) is 0 Å². The Morgan fingerprint density at radius 2 is 1.92 bits per heavy atom. The van der Waals surface area contributed by atoms with E-state index in [-0.39, 0.29) is 18.6 Å². The molecule has 2 heteroatoms. The van der Waals surface area contributed by atoms with E-state index in [0.29, 0.717) is 5.92 Å². The van der Waals surface area contributed by atoms with E-state index in [2.05, 4.69) is 13.0 Å². The Kier molecular flexibility index (Phi) is 6.92. The van der Waals surface area contributed by atoms with E-state index < -0.39 is 0 Å². The first kappa shape index (κ1) is 12.7. The van der Waals surface area contributed by atoms with Gasteiger partial charge in [0.2, 0.25) is 0 Å². The molecule has 0 aromatic carbocycles. The summed E-state index contributed by atoms with van der Waals surface area (Å²) >= 11 is 0. The van der Waals surface area contributed by atoms with E-state index in [1.54, 1.807) is 7.11 Å². The largest absolute Gasteiger partial charge is 0.396 e. The van der Waals surface area contributed by atoms with Gasteiger partial charge in [0, 0.05) is 19.6 Å². The molecule has 78 valence electrons. The monoisotopic (exact) mass is 186 g/mol. The molecule has 3 atom stereocenters. The van der Waals surface area contributed by atoms with Crippen molar-refractivity contribution in [2.24, 2.45) is 11.8 Å². The van der Waals surface area contributed by atoms with E-state index in [9.17, 15) is 0 Å². The maximum Gasteiger partial charge on any atom is 0.0647 e. The van der Waals surface area contributed by atoms with Gasteiger partial charge in [-0.15, -0.1) is 0 Å². The molecule has 0 saturated carbocycles. The van der Waals surface area contributed by atoms with E-state index in [4.69, 9.17) is 9.84 Å². The second-order valence-corrected chi connectivity index (χ2v) is 3.64. The van der Waals surface area contributed by atoms with Crippen LogP contribution in [0.5, 0.6) is 0 Å². The van der Waals surface area contributed by atoms with E-state index in [1.807, 2.05) is 19.9 Å². The van der Waals surface area contributed by atoms with Crippen LogP contribution in [-0.4, -0.2) is 24.9 Å². The summed E-state index contributed by atoms with van der Waals surface area (Å²) in [6, 6.07) is 0. The quantitative estimate of drug-likeness (QED) is 0.645. The van der Waals surface area contributed by atoms with Crippen LogP contribution in [0, 0.1) is 11.8 Å². The zero-order valence-corrected chi connectivity index (χ0v) is 9.16. The summed E-state index contributed by atoms with van der Waals surface area (Å²) in [5.41, 5.74) is 0. The van der Waals surface area contributed by atoms with Gasteiger partial charge in [0.25, 0.3) is 0 Å². The Morgan fingerprint density at radius 3 is 2.31 bits per heavy atom. The highest BCUT2D eigenvalue weighted by Crippen LogP contribution is 2.19. The summed E-state index contributed by atoms with van der Waals surface area (Å²) < 4.78 is 5.37. The molecule has 0 heterocycles. The van der Waals surface area contributed by atoms with Crippen molar-refractivity contribution in [1.82, 2.24) is 0 Å². The van der Waals surface area contributed by atoms with Crippen LogP contribution in [0.3, 0.4) is 0 Å². The normalized spacial score (nSPS) is 18.8. The van der Waals surface area contributed by atoms with Gasteiger partial charge in [-0.05, 0) is 19.3 Å². The predicted octanol–water partition coefficient (Wildman–Crippen LogP) is 2.23. The van der Waals surface area contributed by atoms with Crippen molar-refractivity contribution in [1.29, 1.82) is 0 Å². The highest BCUT2D eigenvalue weighted by Gasteiger charge is 2.21. The molecule has 13 heavy (non-hydrogen) atoms. The lowest BCUT2D eigenvalue weighted by Gasteiger charge is -2.26. The molecule has 0 amide bonds. The molecule has 0 aromatic heterocycles. The Morgan fingerprint density at radius 1 is 1.31 bits per heavy atom. The maximum atomic E-state index is 9.01. The van der Waals surface area contributed by atoms with Crippen molar-refractivity contribution in [3.05, 3.63) is 12.2 Å². The zero-order chi connectivity index (χ0) is 10.3. The second kappa shape index (κ2) is 7.10. The molecule has 0 bridgehead atoms. The van der Waals surface area contributed by atoms with Gasteiger partial charge in [-0.2, -0.15) is 0 Å². The lowest BCUT2D eigenvalue weighted by molar-refractivity contribution is -0.00112. The maximum absolute atomic E-state index is 9.01. The Labute approximate surface area is 81.6 Å². The number of rotatable bonds is 6. The molecule has 0 radical (unpaired) electrons. The van der Waals surface area contributed by atoms with E-state index in [0.717, 1.165) is 6.42 Å². The Balaban J connectivity index is 4.05. The molecule has 0 unspecified atom stereocenters. The standard InChI is InChI=1S/C11H22O2/c1-5-6-7-9(2)11(13-4)10(3)8-12/h5-6,9-12H,7-8H2,1-4H3/b6-5+/t9-,10-,11+/m0/s1. The van der Waals surface area contributed by atoms with Gasteiger partial charge >= 0.3 is 0 Å². The van der Waals surface area contributed by atoms with Crippen LogP contribution >= 0.6 is 0 Å². The van der Waals surface area contributed by atoms with Crippen molar-refractivity contribution < 1.29 is 9.84 Å². The van der Waals surface area contributed by atoms with Crippen molar-refractivity contribution in [2.75, 3.05) is 13.7 Å². The summed E-state index contributed by atoms with van der Waals surface area (Å²) in [6.45, 7) is 6.38. The number of allylic oxidation sites excluding steroid dienone is 2. The summed E-state index contributed by atoms with van der Waals surface area (Å²) in [6.07, 6.45) is 5.36. The number of aliphatic hydroxyl groups excluding tert-OH is 1. The van der Waals surface area contributed by atoms with E-state index >= 15 is 0 Å². The minimum atomic E-state index is 0.154. The summed E-state index contributed by atoms with van der Waals surface area (Å²) in [5.74, 6) is 0.675. The molecule has 0 spiro atoms. The average Bonchev–Trinajstić information content (AvgIpc) is 2.15. The molecule has 0 saturated heterocycles. The topological polar surface area (TPSA) is 29.5 Å². The Hall–Kier alpha value is -0.340. The third kappa shape index (κ3) is 4.44. The molecule has 1 N–H and O–H groups in total. The molecule has 0 aliphatic carbocycles. The highest BCUT2D eigenvalue weighted by atomic mass is 16.5. The van der Waals surface area contributed by atoms with Crippen LogP contribution < -0.4 is 0 Å². The third-order valence-electron chi connectivity index (χ3n) is 2.43. The molecule has 2 nitrogen and oxygen atoms in total. The van der Waals surface area contributed by atoms with Crippen LogP contribution in [0.25, 0.3) is 0 Å². The third-order valence-corrected chi connectivity index (χ3v) is 2.43. The van der Waals surface area contributed by atoms with Gasteiger partial charge in [0.05, 0.1) is 6.10 Å². The second-order valence-electron chi connectivity index (χ2n) is 3.64. The van der Waals surface area contributed by atoms with Gasteiger partial charge in [-0.25, -0.2) is 0 Å². The number of hydrogen-bond donors (Lipinski definition) is 1. The van der Waals surface area contributed by atoms with Crippen molar-refractivity contribution in [3.8, 4) is 0 Å². The minimum absolute atomic E-state index is 0.154. The average molecular weight is 186 g/mol. The smallest absolute Gasteiger partial charge is 0.0647 e. The predicted molar refractivity (Wildman–Crippen MR) is 55.6 cm³/mol. The van der Waals surface area contributed by atoms with Gasteiger partial charge < -0.3 is 9.84 Å². The summed E-state index contributed by atoms with van der Waals surface area (Å²) in [5, 5.41) is 9.01. The Bertz CT molecular complexity index is 143. The first-order chi connectivity index (χ1) is 6.17. The van der Waals surface area contributed by atoms with Crippen LogP contribution in [0.4, 0.5) is 0 Å². The lowest BCUT2D eigenvalue weighted by Crippen LogP contribution is -2.29. The van der Waals surface area contributed by atoms with Gasteiger partial charge in [0.1, 0.15) is 0 Å². The number of hydrogen-bond acceptors (Lipinski definition) is 2. The summed E-state index contributed by atoms with van der Waals surface area (Å²) in [4.78, 5) is 0. The molecule has 0 rings (SSSR count). The molecular weight excluding hydrogens is 164 g/mol. The number of aliphatic hydroxyl groups is 1. The number of ether oxygens (including phenoxy) is 1.